The second kappa shape index (κ2) is 9.78. The summed E-state index contributed by atoms with van der Waals surface area (Å²) in [6, 6.07) is 0. The summed E-state index contributed by atoms with van der Waals surface area (Å²) in [5.41, 5.74) is 0. The first-order valence-corrected chi connectivity index (χ1v) is 1.99. The fraction of sp³-hybridized carbons (Fsp3) is 1.00. The summed E-state index contributed by atoms with van der Waals surface area (Å²) in [5.74, 6) is 0. The van der Waals surface area contributed by atoms with Crippen LogP contribution in [0.2, 0.25) is 0 Å². The molecule has 0 bridgehead atoms. The molecule has 0 fully saturated rings. The summed E-state index contributed by atoms with van der Waals surface area (Å²) in [6.45, 7) is 5.67. The minimum absolute atomic E-state index is 0. The van der Waals surface area contributed by atoms with E-state index in [4.69, 9.17) is 4.74 Å². The van der Waals surface area contributed by atoms with E-state index in [-0.39, 0.29) is 52.8 Å². The number of hydrogen-bond donors (Lipinski definition) is 0. The molecule has 0 atom stereocenters. The maximum Gasteiger partial charge on any atom is 1.00 e. The fourth-order valence-electron chi connectivity index (χ4n) is 0.204. The van der Waals surface area contributed by atoms with Gasteiger partial charge in [-0.1, -0.05) is 0 Å². The molecule has 0 aliphatic heterocycles. The van der Waals surface area contributed by atoms with E-state index in [0.29, 0.717) is 0 Å². The van der Waals surface area contributed by atoms with Crippen molar-refractivity contribution in [2.75, 3.05) is 13.2 Å². The molecule has 6 heavy (non-hydrogen) atoms. The Bertz CT molecular complexity index is 19.2. The molecule has 0 N–H and O–H groups in total. The van der Waals surface area contributed by atoms with Crippen molar-refractivity contribution in [1.29, 1.82) is 0 Å². The monoisotopic (exact) mass is 114 g/mol. The van der Waals surface area contributed by atoms with Gasteiger partial charge in [0.2, 0.25) is 0 Å². The molecule has 0 saturated carbocycles. The summed E-state index contributed by atoms with van der Waals surface area (Å²) < 4.78 is 4.83. The van der Waals surface area contributed by atoms with Gasteiger partial charge in [0.25, 0.3) is 0 Å². The van der Waals surface area contributed by atoms with Gasteiger partial charge in [0.15, 0.2) is 0 Å². The van der Waals surface area contributed by atoms with Crippen LogP contribution in [0, 0.1) is 0 Å². The first-order chi connectivity index (χ1) is 2.41. The van der Waals surface area contributed by atoms with Crippen LogP contribution in [0.4, 0.5) is 0 Å². The third-order valence-corrected chi connectivity index (χ3v) is 0.408. The van der Waals surface area contributed by atoms with E-state index in [9.17, 15) is 0 Å². The van der Waals surface area contributed by atoms with E-state index in [1.165, 1.54) is 0 Å². The Hall–Kier alpha value is 1.60. The van der Waals surface area contributed by atoms with Gasteiger partial charge in [0.05, 0.1) is 0 Å². The summed E-state index contributed by atoms with van der Waals surface area (Å²) in [7, 11) is 0. The van der Waals surface area contributed by atoms with Crippen LogP contribution in [0.1, 0.15) is 15.3 Å². The van der Waals surface area contributed by atoms with Crippen molar-refractivity contribution in [2.45, 2.75) is 13.8 Å². The van der Waals surface area contributed by atoms with Crippen LogP contribution in [0.5, 0.6) is 0 Å². The summed E-state index contributed by atoms with van der Waals surface area (Å²) in [6.07, 6.45) is 0. The minimum Gasteiger partial charge on any atom is -1.00 e. The van der Waals surface area contributed by atoms with Gasteiger partial charge >= 0.3 is 51.4 Å². The van der Waals surface area contributed by atoms with Crippen LogP contribution in [0.15, 0.2) is 0 Å². The molecular formula is C4H11KO. The zero-order valence-electron chi connectivity index (χ0n) is 5.82. The summed E-state index contributed by atoms with van der Waals surface area (Å²) >= 11 is 0. The number of hydrogen-bond acceptors (Lipinski definition) is 1. The predicted molar refractivity (Wildman–Crippen MR) is 23.3 cm³/mol. The molecule has 1 nitrogen and oxygen atoms in total. The van der Waals surface area contributed by atoms with E-state index in [0.717, 1.165) is 13.2 Å². The van der Waals surface area contributed by atoms with Gasteiger partial charge in [-0.3, -0.25) is 0 Å². The minimum atomic E-state index is 0. The maximum absolute atomic E-state index is 4.83. The van der Waals surface area contributed by atoms with Crippen molar-refractivity contribution in [3.8, 4) is 0 Å². The standard InChI is InChI=1S/C4H10O.K.H/c1-3-5-4-2;;/h3-4H2,1-2H3;;/q;+1;-1. The van der Waals surface area contributed by atoms with Crippen molar-refractivity contribution < 1.29 is 57.5 Å². The Morgan fingerprint density at radius 2 is 1.67 bits per heavy atom. The van der Waals surface area contributed by atoms with Gasteiger partial charge in [-0.25, -0.2) is 0 Å². The van der Waals surface area contributed by atoms with Crippen LogP contribution in [0.3, 0.4) is 0 Å². The summed E-state index contributed by atoms with van der Waals surface area (Å²) in [5, 5.41) is 0. The Kier molecular flexibility index (Phi) is 17.2. The third-order valence-electron chi connectivity index (χ3n) is 0.408. The van der Waals surface area contributed by atoms with Gasteiger partial charge in [-0.15, -0.1) is 0 Å². The van der Waals surface area contributed by atoms with Crippen molar-refractivity contribution in [3.63, 3.8) is 0 Å². The van der Waals surface area contributed by atoms with Crippen LogP contribution in [-0.2, 0) is 4.74 Å². The molecule has 0 unspecified atom stereocenters. The maximum atomic E-state index is 4.83. The molecule has 0 saturated heterocycles. The van der Waals surface area contributed by atoms with Crippen LogP contribution >= 0.6 is 0 Å². The average Bonchev–Trinajstić information content (AvgIpc) is 1.41. The molecule has 0 rings (SSSR count). The molecule has 0 aromatic rings. The Morgan fingerprint density at radius 1 is 1.33 bits per heavy atom. The number of ether oxygens (including phenoxy) is 1. The van der Waals surface area contributed by atoms with Crippen LogP contribution in [0.25, 0.3) is 0 Å². The van der Waals surface area contributed by atoms with E-state index in [1.54, 1.807) is 0 Å². The van der Waals surface area contributed by atoms with Crippen LogP contribution < -0.4 is 51.4 Å². The zero-order chi connectivity index (χ0) is 4.12. The van der Waals surface area contributed by atoms with E-state index in [2.05, 4.69) is 0 Å². The Morgan fingerprint density at radius 3 is 1.67 bits per heavy atom. The van der Waals surface area contributed by atoms with Gasteiger partial charge in [-0.05, 0) is 13.8 Å². The fourth-order valence-corrected chi connectivity index (χ4v) is 0.204. The van der Waals surface area contributed by atoms with Gasteiger partial charge in [0.1, 0.15) is 0 Å². The Balaban J connectivity index is -0.0000000800. The number of rotatable bonds is 2. The van der Waals surface area contributed by atoms with Crippen molar-refractivity contribution in [1.82, 2.24) is 0 Å². The largest absolute Gasteiger partial charge is 1.00 e. The molecule has 34 valence electrons. The second-order valence-electron chi connectivity index (χ2n) is 0.781. The van der Waals surface area contributed by atoms with E-state index in [1.807, 2.05) is 13.8 Å². The molecule has 0 radical (unpaired) electrons. The van der Waals surface area contributed by atoms with Gasteiger partial charge < -0.3 is 6.16 Å². The van der Waals surface area contributed by atoms with Gasteiger partial charge in [0, 0.05) is 13.2 Å². The average molecular weight is 114 g/mol. The molecule has 2 heteroatoms. The van der Waals surface area contributed by atoms with Crippen molar-refractivity contribution in [3.05, 3.63) is 0 Å². The van der Waals surface area contributed by atoms with Crippen LogP contribution in [-0.4, -0.2) is 13.2 Å². The van der Waals surface area contributed by atoms with E-state index >= 15 is 0 Å². The molecule has 0 aliphatic rings. The molecule has 0 aliphatic carbocycles. The van der Waals surface area contributed by atoms with E-state index < -0.39 is 0 Å². The first-order valence-electron chi connectivity index (χ1n) is 1.99. The molecular weight excluding hydrogens is 103 g/mol. The zero-order valence-corrected chi connectivity index (χ0v) is 7.95. The normalized spacial score (nSPS) is 7.00. The predicted octanol–water partition coefficient (Wildman–Crippen LogP) is -1.84. The van der Waals surface area contributed by atoms with Gasteiger partial charge in [-0.2, -0.15) is 0 Å². The second-order valence-corrected chi connectivity index (χ2v) is 0.781. The van der Waals surface area contributed by atoms with Crippen molar-refractivity contribution >= 4 is 0 Å². The SMILES string of the molecule is CCOCC.[H-].[K+]. The molecule has 0 aromatic carbocycles. The molecule has 0 heterocycles. The quantitative estimate of drug-likeness (QED) is 0.383. The third kappa shape index (κ3) is 9.14. The Labute approximate surface area is 83.4 Å². The van der Waals surface area contributed by atoms with Crippen molar-refractivity contribution in [2.24, 2.45) is 0 Å². The topological polar surface area (TPSA) is 9.23 Å². The molecule has 0 aromatic heterocycles. The summed E-state index contributed by atoms with van der Waals surface area (Å²) in [4.78, 5) is 0. The molecule has 0 spiro atoms. The first kappa shape index (κ1) is 10.6. The molecule has 0 amide bonds. The smallest absolute Gasteiger partial charge is 1.00 e.